The molecule has 1 N–H and O–H groups in total. The van der Waals surface area contributed by atoms with Crippen LogP contribution in [0.1, 0.15) is 51.0 Å². The molecule has 0 fully saturated rings. The van der Waals surface area contributed by atoms with Gasteiger partial charge in [-0.05, 0) is 29.7 Å². The summed E-state index contributed by atoms with van der Waals surface area (Å²) in [4.78, 5) is 11.7. The van der Waals surface area contributed by atoms with E-state index < -0.39 is 17.7 Å². The Hall–Kier alpha value is -1.94. The lowest BCUT2D eigenvalue weighted by atomic mass is 9.87. The summed E-state index contributed by atoms with van der Waals surface area (Å²) in [6.45, 7) is 2.41. The molecule has 0 heterocycles. The maximum Gasteiger partial charge on any atom is 0.343 e. The summed E-state index contributed by atoms with van der Waals surface area (Å²) >= 11 is 0. The van der Waals surface area contributed by atoms with Crippen molar-refractivity contribution < 1.29 is 19.0 Å². The number of aliphatic carboxylic acids is 1. The summed E-state index contributed by atoms with van der Waals surface area (Å²) < 4.78 is 20.3. The van der Waals surface area contributed by atoms with Crippen molar-refractivity contribution in [1.82, 2.24) is 0 Å². The largest absolute Gasteiger partial charge is 0.479 e. The van der Waals surface area contributed by atoms with Gasteiger partial charge in [-0.2, -0.15) is 0 Å². The van der Waals surface area contributed by atoms with Gasteiger partial charge in [0, 0.05) is 6.61 Å². The van der Waals surface area contributed by atoms with Crippen molar-refractivity contribution in [2.45, 2.75) is 57.2 Å². The predicted molar refractivity (Wildman–Crippen MR) is 98.1 cm³/mol. The van der Waals surface area contributed by atoms with E-state index in [-0.39, 0.29) is 6.61 Å². The predicted octanol–water partition coefficient (Wildman–Crippen LogP) is 5.18. The van der Waals surface area contributed by atoms with E-state index in [1.54, 1.807) is 6.08 Å². The first-order chi connectivity index (χ1) is 12.1. The zero-order valence-corrected chi connectivity index (χ0v) is 14.8. The van der Waals surface area contributed by atoms with Gasteiger partial charge in [-0.1, -0.05) is 75.4 Å². The van der Waals surface area contributed by atoms with Gasteiger partial charge in [0.05, 0.1) is 0 Å². The molecule has 0 aromatic heterocycles. The van der Waals surface area contributed by atoms with Gasteiger partial charge in [-0.25, -0.2) is 9.18 Å². The molecule has 2 rings (SSSR count). The molecular weight excluding hydrogens is 319 g/mol. The minimum Gasteiger partial charge on any atom is -0.479 e. The molecular formula is C21H27FO3. The molecule has 2 atom stereocenters. The number of hydrogen-bond donors (Lipinski definition) is 1. The van der Waals surface area contributed by atoms with Crippen molar-refractivity contribution in [1.29, 1.82) is 0 Å². The number of unbranched alkanes of at least 4 members (excludes halogenated alkanes) is 5. The molecule has 2 unspecified atom stereocenters. The third-order valence-electron chi connectivity index (χ3n) is 4.53. The highest BCUT2D eigenvalue weighted by atomic mass is 19.1. The van der Waals surface area contributed by atoms with Crippen molar-refractivity contribution >= 4 is 11.5 Å². The van der Waals surface area contributed by atoms with Crippen LogP contribution >= 0.6 is 0 Å². The van der Waals surface area contributed by atoms with E-state index in [4.69, 9.17) is 4.74 Å². The lowest BCUT2D eigenvalue weighted by Crippen LogP contribution is -2.49. The third kappa shape index (κ3) is 5.02. The van der Waals surface area contributed by atoms with Gasteiger partial charge in [0.25, 0.3) is 0 Å². The number of halogens is 1. The van der Waals surface area contributed by atoms with E-state index in [1.165, 1.54) is 31.4 Å². The molecule has 4 heteroatoms. The lowest BCUT2D eigenvalue weighted by molar-refractivity contribution is -0.165. The SMILES string of the molecule is CCCCCCCCOC1(C(=O)O)C=CC(c2ccccc2)=CC1F. The molecule has 1 aromatic carbocycles. The smallest absolute Gasteiger partial charge is 0.343 e. The van der Waals surface area contributed by atoms with Crippen molar-refractivity contribution in [3.63, 3.8) is 0 Å². The average molecular weight is 346 g/mol. The van der Waals surface area contributed by atoms with Gasteiger partial charge in [0.1, 0.15) is 0 Å². The fourth-order valence-electron chi connectivity index (χ4n) is 2.97. The third-order valence-corrected chi connectivity index (χ3v) is 4.53. The van der Waals surface area contributed by atoms with Crippen LogP contribution in [0.2, 0.25) is 0 Å². The Bertz CT molecular complexity index is 609. The van der Waals surface area contributed by atoms with E-state index in [0.717, 1.165) is 24.8 Å². The number of hydrogen-bond acceptors (Lipinski definition) is 2. The van der Waals surface area contributed by atoms with Crippen LogP contribution in [-0.4, -0.2) is 29.5 Å². The van der Waals surface area contributed by atoms with Crippen LogP contribution in [-0.2, 0) is 9.53 Å². The number of rotatable bonds is 10. The van der Waals surface area contributed by atoms with Crippen molar-refractivity contribution in [2.75, 3.05) is 6.61 Å². The second kappa shape index (κ2) is 9.52. The number of alkyl halides is 1. The van der Waals surface area contributed by atoms with E-state index >= 15 is 0 Å². The second-order valence-electron chi connectivity index (χ2n) is 6.44. The van der Waals surface area contributed by atoms with Crippen LogP contribution in [0.5, 0.6) is 0 Å². The summed E-state index contributed by atoms with van der Waals surface area (Å²) in [5.74, 6) is -1.29. The quantitative estimate of drug-likeness (QED) is 0.594. The fraction of sp³-hybridized carbons (Fsp3) is 0.476. The van der Waals surface area contributed by atoms with Crippen molar-refractivity contribution in [3.8, 4) is 0 Å². The first-order valence-corrected chi connectivity index (χ1v) is 9.08. The van der Waals surface area contributed by atoms with Crippen molar-refractivity contribution in [3.05, 3.63) is 54.1 Å². The summed E-state index contributed by atoms with van der Waals surface area (Å²) in [6.07, 6.45) is 9.00. The van der Waals surface area contributed by atoms with Crippen LogP contribution in [0.25, 0.3) is 5.57 Å². The van der Waals surface area contributed by atoms with Gasteiger partial charge in [0.2, 0.25) is 5.60 Å². The monoisotopic (exact) mass is 346 g/mol. The Kier molecular flexibility index (Phi) is 7.38. The first kappa shape index (κ1) is 19.4. The van der Waals surface area contributed by atoms with Gasteiger partial charge >= 0.3 is 5.97 Å². The Morgan fingerprint density at radius 2 is 1.84 bits per heavy atom. The zero-order chi connectivity index (χ0) is 18.1. The van der Waals surface area contributed by atoms with Crippen LogP contribution in [0.3, 0.4) is 0 Å². The minimum absolute atomic E-state index is 0.248. The Balaban J connectivity index is 1.96. The molecule has 0 aliphatic heterocycles. The number of ether oxygens (including phenoxy) is 1. The van der Waals surface area contributed by atoms with Crippen LogP contribution in [0.4, 0.5) is 4.39 Å². The van der Waals surface area contributed by atoms with Gasteiger partial charge < -0.3 is 9.84 Å². The molecule has 1 aliphatic rings. The Morgan fingerprint density at radius 3 is 2.48 bits per heavy atom. The van der Waals surface area contributed by atoms with Gasteiger partial charge in [-0.3, -0.25) is 0 Å². The molecule has 1 aromatic rings. The maximum absolute atomic E-state index is 14.7. The molecule has 136 valence electrons. The lowest BCUT2D eigenvalue weighted by Gasteiger charge is -2.31. The number of allylic oxidation sites excluding steroid dienone is 2. The minimum atomic E-state index is -1.91. The van der Waals surface area contributed by atoms with Crippen LogP contribution in [0.15, 0.2) is 48.6 Å². The Morgan fingerprint density at radius 1 is 1.16 bits per heavy atom. The summed E-state index contributed by atoms with van der Waals surface area (Å²) in [6, 6.07) is 9.35. The molecule has 0 saturated heterocycles. The van der Waals surface area contributed by atoms with Crippen LogP contribution in [0, 0.1) is 0 Å². The topological polar surface area (TPSA) is 46.5 Å². The number of carboxylic acid groups (broad SMARTS) is 1. The molecule has 0 radical (unpaired) electrons. The molecule has 25 heavy (non-hydrogen) atoms. The van der Waals surface area contributed by atoms with E-state index in [9.17, 15) is 14.3 Å². The highest BCUT2D eigenvalue weighted by Crippen LogP contribution is 2.32. The molecule has 3 nitrogen and oxygen atoms in total. The molecule has 0 bridgehead atoms. The summed E-state index contributed by atoms with van der Waals surface area (Å²) in [5.41, 5.74) is -0.383. The molecule has 1 aliphatic carbocycles. The summed E-state index contributed by atoms with van der Waals surface area (Å²) in [7, 11) is 0. The average Bonchev–Trinajstić information content (AvgIpc) is 2.62. The van der Waals surface area contributed by atoms with E-state index in [2.05, 4.69) is 6.92 Å². The first-order valence-electron chi connectivity index (χ1n) is 9.08. The highest BCUT2D eigenvalue weighted by molar-refractivity contribution is 5.87. The van der Waals surface area contributed by atoms with Gasteiger partial charge in [-0.15, -0.1) is 0 Å². The zero-order valence-electron chi connectivity index (χ0n) is 14.8. The standard InChI is InChI=1S/C21H27FO3/c1-2-3-4-5-6-10-15-25-21(20(23)24)14-13-18(16-19(21)22)17-11-8-7-9-12-17/h7-9,11-14,16,19H,2-6,10,15H2,1H3,(H,23,24). The second-order valence-corrected chi connectivity index (χ2v) is 6.44. The number of carbonyl (C=O) groups is 1. The van der Waals surface area contributed by atoms with E-state index in [1.807, 2.05) is 30.3 Å². The fourth-order valence-corrected chi connectivity index (χ4v) is 2.97. The molecule has 0 amide bonds. The number of benzene rings is 1. The van der Waals surface area contributed by atoms with E-state index in [0.29, 0.717) is 5.57 Å². The number of carboxylic acids is 1. The van der Waals surface area contributed by atoms with Gasteiger partial charge in [0.15, 0.2) is 6.17 Å². The normalized spacial score (nSPS) is 22.6. The van der Waals surface area contributed by atoms with Crippen molar-refractivity contribution in [2.24, 2.45) is 0 Å². The molecule has 0 saturated carbocycles. The maximum atomic E-state index is 14.7. The Labute approximate surface area is 149 Å². The van der Waals surface area contributed by atoms with Crippen LogP contribution < -0.4 is 0 Å². The molecule has 0 spiro atoms. The highest BCUT2D eigenvalue weighted by Gasteiger charge is 2.46. The summed E-state index contributed by atoms with van der Waals surface area (Å²) in [5, 5.41) is 9.54.